The van der Waals surface area contributed by atoms with Crippen molar-refractivity contribution >= 4 is 5.69 Å². The van der Waals surface area contributed by atoms with Crippen LogP contribution in [-0.2, 0) is 4.74 Å². The number of morpholine rings is 1. The van der Waals surface area contributed by atoms with E-state index in [1.165, 1.54) is 18.4 Å². The summed E-state index contributed by atoms with van der Waals surface area (Å²) in [5.74, 6) is 2.08. The van der Waals surface area contributed by atoms with Crippen LogP contribution < -0.4 is 14.8 Å². The SMILES string of the molecule is COc1cccc2c1OC1(N3CCOCC3)CCCCC1C2Nc1ccccc1. The number of hydrogen-bond acceptors (Lipinski definition) is 5. The number of nitrogens with one attached hydrogen (secondary N) is 1. The molecule has 0 aromatic heterocycles. The minimum Gasteiger partial charge on any atom is -0.493 e. The Bertz CT molecular complexity index is 837. The first-order valence-electron chi connectivity index (χ1n) is 10.8. The monoisotopic (exact) mass is 394 g/mol. The Morgan fingerprint density at radius 3 is 2.66 bits per heavy atom. The summed E-state index contributed by atoms with van der Waals surface area (Å²) >= 11 is 0. The van der Waals surface area contributed by atoms with Crippen LogP contribution in [0.3, 0.4) is 0 Å². The van der Waals surface area contributed by atoms with Crippen molar-refractivity contribution in [1.29, 1.82) is 0 Å². The molecule has 2 aromatic rings. The van der Waals surface area contributed by atoms with Crippen molar-refractivity contribution in [3.05, 3.63) is 54.1 Å². The van der Waals surface area contributed by atoms with Crippen LogP contribution in [0.25, 0.3) is 0 Å². The third-order valence-corrected chi connectivity index (χ3v) is 6.77. The van der Waals surface area contributed by atoms with Crippen molar-refractivity contribution in [1.82, 2.24) is 4.90 Å². The molecule has 1 aliphatic carbocycles. The Kier molecular flexibility index (Phi) is 5.10. The van der Waals surface area contributed by atoms with E-state index in [-0.39, 0.29) is 11.8 Å². The highest BCUT2D eigenvalue weighted by molar-refractivity contribution is 5.55. The summed E-state index contributed by atoms with van der Waals surface area (Å²) in [7, 11) is 1.73. The first-order chi connectivity index (χ1) is 14.3. The number of anilines is 1. The molecule has 1 saturated heterocycles. The average Bonchev–Trinajstić information content (AvgIpc) is 2.80. The van der Waals surface area contributed by atoms with Gasteiger partial charge in [-0.15, -0.1) is 0 Å². The van der Waals surface area contributed by atoms with E-state index in [2.05, 4.69) is 52.7 Å². The molecule has 1 N–H and O–H groups in total. The number of para-hydroxylation sites is 2. The normalized spacial score (nSPS) is 29.3. The lowest BCUT2D eigenvalue weighted by atomic mass is 9.71. The van der Waals surface area contributed by atoms with Crippen molar-refractivity contribution in [2.24, 2.45) is 5.92 Å². The summed E-state index contributed by atoms with van der Waals surface area (Å²) < 4.78 is 18.4. The van der Waals surface area contributed by atoms with Crippen molar-refractivity contribution < 1.29 is 14.2 Å². The number of nitrogens with zero attached hydrogens (tertiary/aromatic N) is 1. The molecule has 154 valence electrons. The molecule has 2 aromatic carbocycles. The molecule has 2 aliphatic heterocycles. The van der Waals surface area contributed by atoms with E-state index in [1.54, 1.807) is 7.11 Å². The minimum absolute atomic E-state index is 0.180. The average molecular weight is 395 g/mol. The van der Waals surface area contributed by atoms with Crippen LogP contribution in [0.15, 0.2) is 48.5 Å². The maximum Gasteiger partial charge on any atom is 0.169 e. The summed E-state index contributed by atoms with van der Waals surface area (Å²) in [4.78, 5) is 2.54. The number of methoxy groups -OCH3 is 1. The van der Waals surface area contributed by atoms with E-state index < -0.39 is 0 Å². The van der Waals surface area contributed by atoms with Gasteiger partial charge in [0.2, 0.25) is 0 Å². The molecule has 3 aliphatic rings. The van der Waals surface area contributed by atoms with Crippen LogP contribution in [0.1, 0.15) is 37.3 Å². The molecule has 5 rings (SSSR count). The van der Waals surface area contributed by atoms with Gasteiger partial charge in [-0.25, -0.2) is 0 Å². The van der Waals surface area contributed by atoms with Crippen molar-refractivity contribution in [3.8, 4) is 11.5 Å². The highest BCUT2D eigenvalue weighted by atomic mass is 16.5. The van der Waals surface area contributed by atoms with Gasteiger partial charge in [-0.05, 0) is 31.0 Å². The first-order valence-corrected chi connectivity index (χ1v) is 10.8. The smallest absolute Gasteiger partial charge is 0.169 e. The van der Waals surface area contributed by atoms with Gasteiger partial charge in [0.05, 0.1) is 26.4 Å². The number of ether oxygens (including phenoxy) is 3. The number of benzene rings is 2. The highest BCUT2D eigenvalue weighted by Gasteiger charge is 2.55. The number of fused-ring (bicyclic) bond motifs is 2. The van der Waals surface area contributed by atoms with Gasteiger partial charge in [-0.1, -0.05) is 36.8 Å². The van der Waals surface area contributed by atoms with Crippen LogP contribution in [0.5, 0.6) is 11.5 Å². The lowest BCUT2D eigenvalue weighted by Gasteiger charge is -2.56. The molecule has 0 spiro atoms. The lowest BCUT2D eigenvalue weighted by molar-refractivity contribution is -0.185. The summed E-state index contributed by atoms with van der Waals surface area (Å²) in [5, 5.41) is 3.86. The topological polar surface area (TPSA) is 43.0 Å². The maximum absolute atomic E-state index is 6.96. The molecule has 1 saturated carbocycles. The molecule has 2 fully saturated rings. The van der Waals surface area contributed by atoms with Crippen molar-refractivity contribution in [3.63, 3.8) is 0 Å². The van der Waals surface area contributed by atoms with Crippen LogP contribution in [0, 0.1) is 5.92 Å². The zero-order valence-corrected chi connectivity index (χ0v) is 17.1. The van der Waals surface area contributed by atoms with Gasteiger partial charge in [0.25, 0.3) is 0 Å². The first kappa shape index (κ1) is 18.8. The van der Waals surface area contributed by atoms with Crippen LogP contribution in [0.2, 0.25) is 0 Å². The fourth-order valence-corrected chi connectivity index (χ4v) is 5.44. The third kappa shape index (κ3) is 3.26. The number of rotatable bonds is 4. The van der Waals surface area contributed by atoms with E-state index >= 15 is 0 Å². The largest absolute Gasteiger partial charge is 0.493 e. The minimum atomic E-state index is -0.309. The fraction of sp³-hybridized carbons (Fsp3) is 0.500. The second-order valence-electron chi connectivity index (χ2n) is 8.27. The van der Waals surface area contributed by atoms with E-state index in [4.69, 9.17) is 14.2 Å². The van der Waals surface area contributed by atoms with E-state index in [0.717, 1.165) is 56.3 Å². The molecular weight excluding hydrogens is 364 g/mol. The van der Waals surface area contributed by atoms with Crippen molar-refractivity contribution in [2.45, 2.75) is 37.5 Å². The Hall–Kier alpha value is -2.24. The summed E-state index contributed by atoms with van der Waals surface area (Å²) in [6.45, 7) is 3.37. The second-order valence-corrected chi connectivity index (χ2v) is 8.27. The molecule has 0 bridgehead atoms. The van der Waals surface area contributed by atoms with Crippen LogP contribution >= 0.6 is 0 Å². The van der Waals surface area contributed by atoms with Gasteiger partial charge in [0, 0.05) is 36.7 Å². The molecular formula is C24H30N2O3. The Labute approximate surface area is 173 Å². The predicted molar refractivity (Wildman–Crippen MR) is 114 cm³/mol. The standard InChI is InChI=1S/C24H30N2O3/c1-27-21-12-7-10-19-22(25-18-8-3-2-4-9-18)20-11-5-6-13-24(20,29-23(19)21)26-14-16-28-17-15-26/h2-4,7-10,12,20,22,25H,5-6,11,13-17H2,1H3. The fourth-order valence-electron chi connectivity index (χ4n) is 5.44. The Balaban J connectivity index is 1.62. The summed E-state index contributed by atoms with van der Waals surface area (Å²) in [5.41, 5.74) is 2.04. The van der Waals surface area contributed by atoms with E-state index in [9.17, 15) is 0 Å². The Morgan fingerprint density at radius 2 is 1.86 bits per heavy atom. The van der Waals surface area contributed by atoms with Gasteiger partial charge in [-0.3, -0.25) is 4.90 Å². The van der Waals surface area contributed by atoms with E-state index in [0.29, 0.717) is 5.92 Å². The molecule has 29 heavy (non-hydrogen) atoms. The van der Waals surface area contributed by atoms with Gasteiger partial charge < -0.3 is 19.5 Å². The zero-order chi connectivity index (χ0) is 19.7. The lowest BCUT2D eigenvalue weighted by Crippen LogP contribution is -2.65. The van der Waals surface area contributed by atoms with Gasteiger partial charge in [-0.2, -0.15) is 0 Å². The third-order valence-electron chi connectivity index (χ3n) is 6.77. The van der Waals surface area contributed by atoms with Gasteiger partial charge in [0.15, 0.2) is 17.2 Å². The van der Waals surface area contributed by atoms with E-state index in [1.807, 2.05) is 6.07 Å². The predicted octanol–water partition coefficient (Wildman–Crippen LogP) is 4.46. The summed E-state index contributed by atoms with van der Waals surface area (Å²) in [6.07, 6.45) is 4.63. The molecule has 5 heteroatoms. The quantitative estimate of drug-likeness (QED) is 0.829. The van der Waals surface area contributed by atoms with Crippen molar-refractivity contribution in [2.75, 3.05) is 38.7 Å². The highest BCUT2D eigenvalue weighted by Crippen LogP contribution is 2.55. The zero-order valence-electron chi connectivity index (χ0n) is 17.1. The van der Waals surface area contributed by atoms with Gasteiger partial charge >= 0.3 is 0 Å². The van der Waals surface area contributed by atoms with Gasteiger partial charge in [0.1, 0.15) is 0 Å². The number of hydrogen-bond donors (Lipinski definition) is 1. The molecule has 3 unspecified atom stereocenters. The van der Waals surface area contributed by atoms with Crippen LogP contribution in [-0.4, -0.2) is 44.0 Å². The van der Waals surface area contributed by atoms with Crippen LogP contribution in [0.4, 0.5) is 5.69 Å². The molecule has 5 nitrogen and oxygen atoms in total. The maximum atomic E-state index is 6.96. The Morgan fingerprint density at radius 1 is 1.03 bits per heavy atom. The second kappa shape index (κ2) is 7.88. The summed E-state index contributed by atoms with van der Waals surface area (Å²) in [6, 6.07) is 17.0. The molecule has 3 atom stereocenters. The molecule has 0 radical (unpaired) electrons. The molecule has 2 heterocycles. The molecule has 0 amide bonds.